The average molecular weight is 242 g/mol. The van der Waals surface area contributed by atoms with Crippen LogP contribution in [-0.2, 0) is 4.74 Å². The molecule has 0 N–H and O–H groups in total. The summed E-state index contributed by atoms with van der Waals surface area (Å²) in [7, 11) is 0. The van der Waals surface area contributed by atoms with Gasteiger partial charge in [0.1, 0.15) is 12.5 Å². The van der Waals surface area contributed by atoms with Crippen LogP contribution in [0.15, 0.2) is 24.2 Å². The van der Waals surface area contributed by atoms with Crippen molar-refractivity contribution in [3.05, 3.63) is 24.2 Å². The topological polar surface area (TPSA) is 9.23 Å². The lowest BCUT2D eigenvalue weighted by molar-refractivity contribution is -0.112. The Kier molecular flexibility index (Phi) is 4.11. The highest BCUT2D eigenvalue weighted by Gasteiger charge is 2.36. The number of ether oxygens (including phenoxy) is 1. The van der Waals surface area contributed by atoms with E-state index in [0.29, 0.717) is 0 Å². The second-order valence-corrected chi connectivity index (χ2v) is 2.06. The minimum atomic E-state index is -5.39. The predicted octanol–water partition coefficient (Wildman–Crippen LogP) is 3.75. The van der Waals surface area contributed by atoms with Crippen LogP contribution in [0, 0.1) is 0 Å². The van der Waals surface area contributed by atoms with Crippen LogP contribution in [0.2, 0.25) is 0 Å². The molecule has 0 aliphatic rings. The van der Waals surface area contributed by atoms with Crippen LogP contribution in [0.4, 0.5) is 35.1 Å². The van der Waals surface area contributed by atoms with Crippen LogP contribution in [0.25, 0.3) is 0 Å². The quantitative estimate of drug-likeness (QED) is 0.529. The molecule has 1 nitrogen and oxygen atoms in total. The first-order chi connectivity index (χ1) is 6.55. The molecule has 0 fully saturated rings. The summed E-state index contributed by atoms with van der Waals surface area (Å²) >= 11 is 0. The summed E-state index contributed by atoms with van der Waals surface area (Å²) in [5.41, 5.74) is 0. The van der Waals surface area contributed by atoms with Crippen LogP contribution >= 0.6 is 0 Å². The van der Waals surface area contributed by atoms with Gasteiger partial charge in [0.2, 0.25) is 11.7 Å². The van der Waals surface area contributed by atoms with Crippen LogP contribution in [0.3, 0.4) is 0 Å². The molecule has 0 atom stereocenters. The smallest absolute Gasteiger partial charge is 0.446 e. The van der Waals surface area contributed by atoms with E-state index in [0.717, 1.165) is 0 Å². The Morgan fingerprint density at radius 3 is 1.20 bits per heavy atom. The molecule has 0 radical (unpaired) electrons. The van der Waals surface area contributed by atoms with Crippen molar-refractivity contribution in [2.24, 2.45) is 0 Å². The van der Waals surface area contributed by atoms with E-state index in [1.807, 2.05) is 0 Å². The lowest BCUT2D eigenvalue weighted by atomic mass is 10.5. The number of hydrogen-bond acceptors (Lipinski definition) is 1. The van der Waals surface area contributed by atoms with Crippen molar-refractivity contribution in [2.45, 2.75) is 12.4 Å². The van der Waals surface area contributed by atoms with E-state index >= 15 is 0 Å². The fraction of sp³-hybridized carbons (Fsp3) is 0.333. The van der Waals surface area contributed by atoms with E-state index in [4.69, 9.17) is 0 Å². The first-order valence-corrected chi connectivity index (χ1v) is 3.06. The Bertz CT molecular complexity index is 242. The van der Waals surface area contributed by atoms with E-state index in [1.165, 1.54) is 0 Å². The van der Waals surface area contributed by atoms with Crippen molar-refractivity contribution < 1.29 is 39.9 Å². The number of rotatable bonds is 2. The van der Waals surface area contributed by atoms with Crippen molar-refractivity contribution in [1.29, 1.82) is 0 Å². The van der Waals surface area contributed by atoms with Crippen molar-refractivity contribution in [1.82, 2.24) is 0 Å². The minimum Gasteiger partial charge on any atom is -0.466 e. The molecule has 0 spiro atoms. The summed E-state index contributed by atoms with van der Waals surface area (Å²) in [4.78, 5) is 0. The Balaban J connectivity index is 4.44. The standard InChI is InChI=1S/C6H2F8O/c7-3(5(9,10)11)1-15-2-4(8)6(12,13)14/h1-2H. The number of alkyl halides is 6. The van der Waals surface area contributed by atoms with Gasteiger partial charge >= 0.3 is 12.4 Å². The molecule has 88 valence electrons. The molecule has 0 heterocycles. The number of halogens is 8. The first kappa shape index (κ1) is 13.7. The average Bonchev–Trinajstić information content (AvgIpc) is 2.00. The Labute approximate surface area is 77.6 Å². The summed E-state index contributed by atoms with van der Waals surface area (Å²) in [6, 6.07) is 0. The summed E-state index contributed by atoms with van der Waals surface area (Å²) in [6.07, 6.45) is -12.2. The fourth-order valence-electron chi connectivity index (χ4n) is 0.287. The van der Waals surface area contributed by atoms with Crippen molar-refractivity contribution in [3.8, 4) is 0 Å². The zero-order valence-corrected chi connectivity index (χ0v) is 6.59. The molecular weight excluding hydrogens is 240 g/mol. The molecule has 0 unspecified atom stereocenters. The van der Waals surface area contributed by atoms with E-state index in [1.54, 1.807) is 0 Å². The number of allylic oxidation sites excluding steroid dienone is 2. The maximum atomic E-state index is 11.8. The van der Waals surface area contributed by atoms with Gasteiger partial charge in [-0.25, -0.2) is 0 Å². The Morgan fingerprint density at radius 2 is 1.00 bits per heavy atom. The van der Waals surface area contributed by atoms with Gasteiger partial charge in [-0.2, -0.15) is 35.1 Å². The van der Waals surface area contributed by atoms with Gasteiger partial charge in [-0.1, -0.05) is 0 Å². The van der Waals surface area contributed by atoms with Crippen molar-refractivity contribution in [3.63, 3.8) is 0 Å². The predicted molar refractivity (Wildman–Crippen MR) is 31.6 cm³/mol. The zero-order chi connectivity index (χ0) is 12.3. The molecule has 0 rings (SSSR count). The van der Waals surface area contributed by atoms with Gasteiger partial charge in [-0.15, -0.1) is 0 Å². The maximum Gasteiger partial charge on any atom is 0.446 e. The third-order valence-electron chi connectivity index (χ3n) is 0.885. The third-order valence-corrected chi connectivity index (χ3v) is 0.885. The first-order valence-electron chi connectivity index (χ1n) is 3.06. The molecule has 0 aromatic carbocycles. The van der Waals surface area contributed by atoms with Crippen LogP contribution in [-0.4, -0.2) is 12.4 Å². The molecule has 0 aliphatic carbocycles. The molecule has 0 aliphatic heterocycles. The van der Waals surface area contributed by atoms with Gasteiger partial charge in [0.15, 0.2) is 0 Å². The summed E-state index contributed by atoms with van der Waals surface area (Å²) in [6.45, 7) is 0. The highest BCUT2D eigenvalue weighted by atomic mass is 19.4. The van der Waals surface area contributed by atoms with Crippen molar-refractivity contribution in [2.75, 3.05) is 0 Å². The van der Waals surface area contributed by atoms with Gasteiger partial charge in [-0.05, 0) is 0 Å². The normalized spacial score (nSPS) is 15.5. The van der Waals surface area contributed by atoms with E-state index in [9.17, 15) is 35.1 Å². The summed E-state index contributed by atoms with van der Waals surface area (Å²) in [5, 5.41) is 0. The van der Waals surface area contributed by atoms with Gasteiger partial charge in [0, 0.05) is 0 Å². The maximum absolute atomic E-state index is 11.8. The molecule has 0 bridgehead atoms. The minimum absolute atomic E-state index is 0.689. The lowest BCUT2D eigenvalue weighted by Gasteiger charge is -2.03. The second kappa shape index (κ2) is 4.49. The second-order valence-electron chi connectivity index (χ2n) is 2.06. The van der Waals surface area contributed by atoms with Gasteiger partial charge in [0.05, 0.1) is 0 Å². The highest BCUT2D eigenvalue weighted by molar-refractivity contribution is 4.98. The Morgan fingerprint density at radius 1 is 0.733 bits per heavy atom. The zero-order valence-electron chi connectivity index (χ0n) is 6.59. The SMILES string of the molecule is FC(=COC=C(F)C(F)(F)F)C(F)(F)F. The number of hydrogen-bond donors (Lipinski definition) is 0. The monoisotopic (exact) mass is 242 g/mol. The molecule has 0 aromatic rings. The van der Waals surface area contributed by atoms with Crippen LogP contribution in [0.5, 0.6) is 0 Å². The fourth-order valence-corrected chi connectivity index (χ4v) is 0.287. The third kappa shape index (κ3) is 5.23. The Hall–Kier alpha value is -1.28. The molecule has 0 aromatic heterocycles. The van der Waals surface area contributed by atoms with Gasteiger partial charge in [0.25, 0.3) is 0 Å². The lowest BCUT2D eigenvalue weighted by Crippen LogP contribution is -2.09. The molecule has 0 saturated heterocycles. The molecule has 9 heteroatoms. The summed E-state index contributed by atoms with van der Waals surface area (Å²) < 4.78 is 95.1. The van der Waals surface area contributed by atoms with E-state index < -0.39 is 36.5 Å². The van der Waals surface area contributed by atoms with Gasteiger partial charge in [-0.3, -0.25) is 0 Å². The molecular formula is C6H2F8O. The van der Waals surface area contributed by atoms with E-state index in [2.05, 4.69) is 4.74 Å². The van der Waals surface area contributed by atoms with Crippen molar-refractivity contribution >= 4 is 0 Å². The van der Waals surface area contributed by atoms with Gasteiger partial charge < -0.3 is 4.74 Å². The summed E-state index contributed by atoms with van der Waals surface area (Å²) in [5.74, 6) is -5.57. The van der Waals surface area contributed by atoms with Crippen LogP contribution in [0.1, 0.15) is 0 Å². The molecule has 15 heavy (non-hydrogen) atoms. The molecule has 0 saturated carbocycles. The van der Waals surface area contributed by atoms with E-state index in [-0.39, 0.29) is 0 Å². The largest absolute Gasteiger partial charge is 0.466 e. The highest BCUT2D eigenvalue weighted by Crippen LogP contribution is 2.28. The van der Waals surface area contributed by atoms with Crippen LogP contribution < -0.4 is 0 Å². The molecule has 0 amide bonds.